The van der Waals surface area contributed by atoms with Crippen molar-refractivity contribution < 1.29 is 9.21 Å². The van der Waals surface area contributed by atoms with Crippen molar-refractivity contribution in [2.45, 2.75) is 18.6 Å². The molecule has 0 aliphatic carbocycles. The molecule has 0 aliphatic heterocycles. The average Bonchev–Trinajstić information content (AvgIpc) is 2.99. The molecule has 1 aromatic carbocycles. The molecule has 2 aromatic rings. The third kappa shape index (κ3) is 5.86. The van der Waals surface area contributed by atoms with Gasteiger partial charge in [-0.1, -0.05) is 29.8 Å². The summed E-state index contributed by atoms with van der Waals surface area (Å²) in [5.41, 5.74) is 1.02. The Kier molecular flexibility index (Phi) is 6.70. The van der Waals surface area contributed by atoms with Crippen LogP contribution < -0.4 is 5.32 Å². The lowest BCUT2D eigenvalue weighted by Crippen LogP contribution is -2.25. The Balaban J connectivity index is 1.56. The zero-order valence-corrected chi connectivity index (χ0v) is 13.3. The van der Waals surface area contributed by atoms with E-state index in [0.717, 1.165) is 27.9 Å². The maximum absolute atomic E-state index is 11.7. The third-order valence-corrected chi connectivity index (χ3v) is 4.32. The van der Waals surface area contributed by atoms with Crippen LogP contribution >= 0.6 is 23.4 Å². The number of furan rings is 1. The molecule has 0 saturated heterocycles. The number of aryl methyl sites for hydroxylation is 1. The van der Waals surface area contributed by atoms with Gasteiger partial charge in [-0.05, 0) is 30.2 Å². The molecule has 0 radical (unpaired) electrons. The van der Waals surface area contributed by atoms with Crippen LogP contribution in [0.15, 0.2) is 47.1 Å². The first-order valence-corrected chi connectivity index (χ1v) is 8.39. The van der Waals surface area contributed by atoms with Crippen molar-refractivity contribution in [3.05, 3.63) is 59.0 Å². The highest BCUT2D eigenvalue weighted by molar-refractivity contribution is 7.98. The van der Waals surface area contributed by atoms with E-state index < -0.39 is 0 Å². The molecule has 0 atom stereocenters. The number of rotatable bonds is 8. The Labute approximate surface area is 134 Å². The second-order valence-electron chi connectivity index (χ2n) is 4.57. The fourth-order valence-electron chi connectivity index (χ4n) is 1.87. The molecular weight excluding hydrogens is 306 g/mol. The summed E-state index contributed by atoms with van der Waals surface area (Å²) in [5.74, 6) is 2.74. The second kappa shape index (κ2) is 8.80. The molecular formula is C16H18ClNO2S. The summed E-state index contributed by atoms with van der Waals surface area (Å²) in [6.45, 7) is 0.673. The lowest BCUT2D eigenvalue weighted by Gasteiger charge is -2.06. The molecule has 112 valence electrons. The summed E-state index contributed by atoms with van der Waals surface area (Å²) in [4.78, 5) is 11.7. The van der Waals surface area contributed by atoms with Gasteiger partial charge in [-0.3, -0.25) is 4.79 Å². The summed E-state index contributed by atoms with van der Waals surface area (Å²) in [6, 6.07) is 11.5. The molecule has 5 heteroatoms. The smallest absolute Gasteiger partial charge is 0.220 e. The number of carbonyl (C=O) groups excluding carboxylic acids is 1. The van der Waals surface area contributed by atoms with Gasteiger partial charge in [-0.25, -0.2) is 0 Å². The van der Waals surface area contributed by atoms with Crippen LogP contribution in [0, 0.1) is 0 Å². The number of hydrogen-bond acceptors (Lipinski definition) is 3. The number of halogens is 1. The minimum absolute atomic E-state index is 0.0634. The molecule has 0 unspecified atom stereocenters. The van der Waals surface area contributed by atoms with Crippen molar-refractivity contribution in [1.29, 1.82) is 0 Å². The summed E-state index contributed by atoms with van der Waals surface area (Å²) in [6.07, 6.45) is 2.81. The highest BCUT2D eigenvalue weighted by Gasteiger charge is 2.04. The molecule has 0 spiro atoms. The number of nitrogens with one attached hydrogen (secondary N) is 1. The van der Waals surface area contributed by atoms with Gasteiger partial charge in [-0.2, -0.15) is 11.8 Å². The second-order valence-corrected chi connectivity index (χ2v) is 6.09. The lowest BCUT2D eigenvalue weighted by molar-refractivity contribution is -0.120. The van der Waals surface area contributed by atoms with Crippen LogP contribution in [0.2, 0.25) is 5.02 Å². The van der Waals surface area contributed by atoms with Gasteiger partial charge in [0.15, 0.2) is 0 Å². The Morgan fingerprint density at radius 3 is 2.86 bits per heavy atom. The maximum Gasteiger partial charge on any atom is 0.220 e. The van der Waals surface area contributed by atoms with Gasteiger partial charge >= 0.3 is 0 Å². The maximum atomic E-state index is 11.7. The van der Waals surface area contributed by atoms with Crippen LogP contribution in [0.4, 0.5) is 0 Å². The van der Waals surface area contributed by atoms with Gasteiger partial charge in [0, 0.05) is 23.7 Å². The summed E-state index contributed by atoms with van der Waals surface area (Å²) in [7, 11) is 0. The van der Waals surface area contributed by atoms with Crippen molar-refractivity contribution >= 4 is 29.3 Å². The van der Waals surface area contributed by atoms with E-state index in [1.54, 1.807) is 18.0 Å². The van der Waals surface area contributed by atoms with Crippen LogP contribution in [0.25, 0.3) is 0 Å². The van der Waals surface area contributed by atoms with Crippen molar-refractivity contribution in [2.24, 2.45) is 0 Å². The monoisotopic (exact) mass is 323 g/mol. The van der Waals surface area contributed by atoms with E-state index in [1.807, 2.05) is 36.4 Å². The predicted octanol–water partition coefficient (Wildman–Crippen LogP) is 3.92. The van der Waals surface area contributed by atoms with Gasteiger partial charge < -0.3 is 9.73 Å². The quantitative estimate of drug-likeness (QED) is 0.749. The number of thioether (sulfide) groups is 1. The first kappa shape index (κ1) is 16.0. The first-order valence-electron chi connectivity index (χ1n) is 6.86. The number of carbonyl (C=O) groups is 1. The number of benzene rings is 1. The fraction of sp³-hybridized carbons (Fsp3) is 0.312. The Bertz CT molecular complexity index is 557. The highest BCUT2D eigenvalue weighted by atomic mass is 35.5. The number of hydrogen-bond donors (Lipinski definition) is 1. The molecule has 1 amide bonds. The highest BCUT2D eigenvalue weighted by Crippen LogP contribution is 2.16. The minimum Gasteiger partial charge on any atom is -0.468 e. The van der Waals surface area contributed by atoms with Crippen molar-refractivity contribution in [2.75, 3.05) is 12.3 Å². The molecule has 1 heterocycles. The molecule has 1 aromatic heterocycles. The molecule has 0 fully saturated rings. The summed E-state index contributed by atoms with van der Waals surface area (Å²) in [5, 5.41) is 3.64. The Hall–Kier alpha value is -1.39. The Morgan fingerprint density at radius 2 is 2.10 bits per heavy atom. The molecule has 21 heavy (non-hydrogen) atoms. The summed E-state index contributed by atoms with van der Waals surface area (Å²) < 4.78 is 5.24. The van der Waals surface area contributed by atoms with E-state index in [-0.39, 0.29) is 5.91 Å². The van der Waals surface area contributed by atoms with E-state index >= 15 is 0 Å². The van der Waals surface area contributed by atoms with Gasteiger partial charge in [0.1, 0.15) is 5.76 Å². The zero-order chi connectivity index (χ0) is 14.9. The van der Waals surface area contributed by atoms with E-state index in [0.29, 0.717) is 19.4 Å². The zero-order valence-electron chi connectivity index (χ0n) is 11.7. The third-order valence-electron chi connectivity index (χ3n) is 2.97. The first-order chi connectivity index (χ1) is 10.3. The van der Waals surface area contributed by atoms with Gasteiger partial charge in [0.2, 0.25) is 5.91 Å². The standard InChI is InChI=1S/C16H18ClNO2S/c17-15-6-2-1-4-13(15)7-8-16(19)18-9-11-21-12-14-5-3-10-20-14/h1-6,10H,7-9,11-12H2,(H,18,19). The van der Waals surface area contributed by atoms with Crippen molar-refractivity contribution in [3.63, 3.8) is 0 Å². The van der Waals surface area contributed by atoms with Gasteiger partial charge in [-0.15, -0.1) is 0 Å². The van der Waals surface area contributed by atoms with Gasteiger partial charge in [0.05, 0.1) is 12.0 Å². The molecule has 0 bridgehead atoms. The average molecular weight is 324 g/mol. The van der Waals surface area contributed by atoms with Crippen LogP contribution in [0.5, 0.6) is 0 Å². The minimum atomic E-state index is 0.0634. The van der Waals surface area contributed by atoms with Crippen LogP contribution in [0.1, 0.15) is 17.7 Å². The molecule has 3 nitrogen and oxygen atoms in total. The van der Waals surface area contributed by atoms with Crippen LogP contribution in [0.3, 0.4) is 0 Å². The largest absolute Gasteiger partial charge is 0.468 e. The lowest BCUT2D eigenvalue weighted by atomic mass is 10.1. The van der Waals surface area contributed by atoms with E-state index in [2.05, 4.69) is 5.32 Å². The predicted molar refractivity (Wildman–Crippen MR) is 87.7 cm³/mol. The van der Waals surface area contributed by atoms with Gasteiger partial charge in [0.25, 0.3) is 0 Å². The fourth-order valence-corrected chi connectivity index (χ4v) is 2.85. The topological polar surface area (TPSA) is 42.2 Å². The normalized spacial score (nSPS) is 10.5. The van der Waals surface area contributed by atoms with E-state index in [1.165, 1.54) is 0 Å². The SMILES string of the molecule is O=C(CCc1ccccc1Cl)NCCSCc1ccco1. The van der Waals surface area contributed by atoms with E-state index in [9.17, 15) is 4.79 Å². The molecule has 0 aliphatic rings. The summed E-state index contributed by atoms with van der Waals surface area (Å²) >= 11 is 7.80. The molecule has 2 rings (SSSR count). The Morgan fingerprint density at radius 1 is 1.24 bits per heavy atom. The van der Waals surface area contributed by atoms with Crippen molar-refractivity contribution in [3.8, 4) is 0 Å². The van der Waals surface area contributed by atoms with E-state index in [4.69, 9.17) is 16.0 Å². The number of amides is 1. The molecule has 1 N–H and O–H groups in total. The van der Waals surface area contributed by atoms with Crippen molar-refractivity contribution in [1.82, 2.24) is 5.32 Å². The molecule has 0 saturated carbocycles. The van der Waals surface area contributed by atoms with Crippen LogP contribution in [-0.2, 0) is 17.0 Å². The van der Waals surface area contributed by atoms with Crippen LogP contribution in [-0.4, -0.2) is 18.2 Å².